The normalized spacial score (nSPS) is 10.9. The molecule has 1 aromatic heterocycles. The van der Waals surface area contributed by atoms with Crippen molar-refractivity contribution in [1.82, 2.24) is 9.97 Å². The number of carbonyl (C=O) groups is 1. The molecule has 6 nitrogen and oxygen atoms in total. The smallest absolute Gasteiger partial charge is 0.340 e. The summed E-state index contributed by atoms with van der Waals surface area (Å²) in [6, 6.07) is 14.4. The Hall–Kier alpha value is -3.93. The van der Waals surface area contributed by atoms with Gasteiger partial charge < -0.3 is 10.6 Å². The van der Waals surface area contributed by atoms with Gasteiger partial charge in [-0.2, -0.15) is 18.4 Å². The van der Waals surface area contributed by atoms with Crippen molar-refractivity contribution < 1.29 is 18.0 Å². The van der Waals surface area contributed by atoms with Gasteiger partial charge >= 0.3 is 6.18 Å². The van der Waals surface area contributed by atoms with Crippen molar-refractivity contribution in [3.05, 3.63) is 77.2 Å². The standard InChI is InChI=1S/C20H14F3N5O/c1-12-25-17(10-18(26-12)27-15-6-2-4-13(8-15)11-24)19(29)28-16-7-3-5-14(9-16)20(21,22)23/h2-10H,1H3,(H,28,29)(H,25,26,27). The molecule has 0 aliphatic heterocycles. The van der Waals surface area contributed by atoms with Crippen molar-refractivity contribution in [3.8, 4) is 6.07 Å². The van der Waals surface area contributed by atoms with Crippen molar-refractivity contribution in [1.29, 1.82) is 5.26 Å². The van der Waals surface area contributed by atoms with E-state index in [4.69, 9.17) is 5.26 Å². The van der Waals surface area contributed by atoms with Crippen LogP contribution in [0.3, 0.4) is 0 Å². The number of anilines is 3. The van der Waals surface area contributed by atoms with E-state index in [1.807, 2.05) is 6.07 Å². The molecule has 0 atom stereocenters. The van der Waals surface area contributed by atoms with Crippen LogP contribution in [-0.2, 0) is 6.18 Å². The molecular formula is C20H14F3N5O. The SMILES string of the molecule is Cc1nc(Nc2cccc(C#N)c2)cc(C(=O)Nc2cccc(C(F)(F)F)c2)n1. The Morgan fingerprint density at radius 2 is 1.76 bits per heavy atom. The van der Waals surface area contributed by atoms with E-state index >= 15 is 0 Å². The molecule has 0 radical (unpaired) electrons. The molecule has 1 heterocycles. The van der Waals surface area contributed by atoms with Gasteiger partial charge in [-0.15, -0.1) is 0 Å². The van der Waals surface area contributed by atoms with Gasteiger partial charge in [-0.05, 0) is 43.3 Å². The number of aryl methyl sites for hydroxylation is 1. The zero-order chi connectivity index (χ0) is 21.0. The number of nitrogens with one attached hydrogen (secondary N) is 2. The molecule has 9 heteroatoms. The van der Waals surface area contributed by atoms with E-state index in [1.54, 1.807) is 31.2 Å². The Kier molecular flexibility index (Phi) is 5.45. The van der Waals surface area contributed by atoms with Crippen molar-refractivity contribution in [2.45, 2.75) is 13.1 Å². The first-order valence-corrected chi connectivity index (χ1v) is 8.36. The zero-order valence-corrected chi connectivity index (χ0v) is 15.1. The van der Waals surface area contributed by atoms with Crippen molar-refractivity contribution in [2.24, 2.45) is 0 Å². The van der Waals surface area contributed by atoms with Gasteiger partial charge in [-0.3, -0.25) is 4.79 Å². The highest BCUT2D eigenvalue weighted by Gasteiger charge is 2.30. The molecule has 0 bridgehead atoms. The third kappa shape index (κ3) is 5.07. The van der Waals surface area contributed by atoms with E-state index in [2.05, 4.69) is 20.6 Å². The highest BCUT2D eigenvalue weighted by Crippen LogP contribution is 2.30. The summed E-state index contributed by atoms with van der Waals surface area (Å²) >= 11 is 0. The number of alkyl halides is 3. The van der Waals surface area contributed by atoms with Crippen LogP contribution in [0.2, 0.25) is 0 Å². The zero-order valence-electron chi connectivity index (χ0n) is 15.1. The Morgan fingerprint density at radius 1 is 1.03 bits per heavy atom. The molecule has 29 heavy (non-hydrogen) atoms. The summed E-state index contributed by atoms with van der Waals surface area (Å²) in [6.45, 7) is 1.58. The van der Waals surface area contributed by atoms with Crippen LogP contribution in [0.25, 0.3) is 0 Å². The van der Waals surface area contributed by atoms with Gasteiger partial charge in [-0.25, -0.2) is 9.97 Å². The van der Waals surface area contributed by atoms with E-state index in [0.717, 1.165) is 12.1 Å². The van der Waals surface area contributed by atoms with Crippen molar-refractivity contribution >= 4 is 23.1 Å². The summed E-state index contributed by atoms with van der Waals surface area (Å²) in [5.74, 6) is -0.0777. The molecule has 0 fully saturated rings. The maximum atomic E-state index is 12.8. The average molecular weight is 397 g/mol. The number of carbonyl (C=O) groups excluding carboxylic acids is 1. The van der Waals surface area contributed by atoms with Gasteiger partial charge in [0.15, 0.2) is 0 Å². The second kappa shape index (κ2) is 7.98. The van der Waals surface area contributed by atoms with Gasteiger partial charge in [0, 0.05) is 17.4 Å². The fourth-order valence-corrected chi connectivity index (χ4v) is 2.53. The van der Waals surface area contributed by atoms with E-state index < -0.39 is 17.6 Å². The quantitative estimate of drug-likeness (QED) is 0.668. The maximum Gasteiger partial charge on any atom is 0.416 e. The lowest BCUT2D eigenvalue weighted by Crippen LogP contribution is -2.16. The first-order valence-electron chi connectivity index (χ1n) is 8.36. The summed E-state index contributed by atoms with van der Waals surface area (Å²) in [5.41, 5.74) is 0.148. The fraction of sp³-hybridized carbons (Fsp3) is 0.100. The largest absolute Gasteiger partial charge is 0.416 e. The minimum Gasteiger partial charge on any atom is -0.340 e. The highest BCUT2D eigenvalue weighted by atomic mass is 19.4. The van der Waals surface area contributed by atoms with Gasteiger partial charge in [0.25, 0.3) is 5.91 Å². The summed E-state index contributed by atoms with van der Waals surface area (Å²) in [5, 5.41) is 14.4. The molecule has 1 amide bonds. The van der Waals surface area contributed by atoms with Crippen LogP contribution in [0.1, 0.15) is 27.4 Å². The van der Waals surface area contributed by atoms with Gasteiger partial charge in [0.1, 0.15) is 17.3 Å². The lowest BCUT2D eigenvalue weighted by molar-refractivity contribution is -0.137. The molecule has 2 aromatic carbocycles. The lowest BCUT2D eigenvalue weighted by atomic mass is 10.2. The summed E-state index contributed by atoms with van der Waals surface area (Å²) in [4.78, 5) is 20.7. The fourth-order valence-electron chi connectivity index (χ4n) is 2.53. The Balaban J connectivity index is 1.82. The molecule has 0 aliphatic carbocycles. The molecule has 0 unspecified atom stereocenters. The predicted octanol–water partition coefficient (Wildman–Crippen LogP) is 4.67. The summed E-state index contributed by atoms with van der Waals surface area (Å²) in [7, 11) is 0. The van der Waals surface area contributed by atoms with Crippen LogP contribution in [0.4, 0.5) is 30.4 Å². The van der Waals surface area contributed by atoms with E-state index in [9.17, 15) is 18.0 Å². The number of halogens is 3. The molecule has 0 saturated carbocycles. The van der Waals surface area contributed by atoms with E-state index in [-0.39, 0.29) is 11.4 Å². The molecule has 0 saturated heterocycles. The summed E-state index contributed by atoms with van der Waals surface area (Å²) in [6.07, 6.45) is -4.51. The first-order chi connectivity index (χ1) is 13.7. The number of hydrogen-bond donors (Lipinski definition) is 2. The number of hydrogen-bond acceptors (Lipinski definition) is 5. The molecule has 0 spiro atoms. The lowest BCUT2D eigenvalue weighted by Gasteiger charge is -2.11. The number of amides is 1. The van der Waals surface area contributed by atoms with Crippen LogP contribution >= 0.6 is 0 Å². The number of aromatic nitrogens is 2. The minimum atomic E-state index is -4.51. The van der Waals surface area contributed by atoms with Crippen LogP contribution in [0, 0.1) is 18.3 Å². The van der Waals surface area contributed by atoms with Gasteiger partial charge in [0.05, 0.1) is 17.2 Å². The number of rotatable bonds is 4. The third-order valence-electron chi connectivity index (χ3n) is 3.78. The van der Waals surface area contributed by atoms with Crippen LogP contribution < -0.4 is 10.6 Å². The molecular weight excluding hydrogens is 383 g/mol. The topological polar surface area (TPSA) is 90.7 Å². The molecule has 0 aliphatic rings. The Bertz CT molecular complexity index is 1110. The number of benzene rings is 2. The predicted molar refractivity (Wildman–Crippen MR) is 101 cm³/mol. The van der Waals surface area contributed by atoms with Crippen molar-refractivity contribution in [3.63, 3.8) is 0 Å². The highest BCUT2D eigenvalue weighted by molar-refractivity contribution is 6.03. The monoisotopic (exact) mass is 397 g/mol. The number of nitrogens with zero attached hydrogens (tertiary/aromatic N) is 3. The van der Waals surface area contributed by atoms with E-state index in [0.29, 0.717) is 22.9 Å². The van der Waals surface area contributed by atoms with Crippen molar-refractivity contribution in [2.75, 3.05) is 10.6 Å². The van der Waals surface area contributed by atoms with Crippen LogP contribution in [0.15, 0.2) is 54.6 Å². The second-order valence-electron chi connectivity index (χ2n) is 6.04. The Labute approximate surface area is 164 Å². The van der Waals surface area contributed by atoms with Crippen LogP contribution in [0.5, 0.6) is 0 Å². The van der Waals surface area contributed by atoms with Crippen LogP contribution in [-0.4, -0.2) is 15.9 Å². The minimum absolute atomic E-state index is 0.00248. The van der Waals surface area contributed by atoms with Gasteiger partial charge in [0.2, 0.25) is 0 Å². The van der Waals surface area contributed by atoms with Gasteiger partial charge in [-0.1, -0.05) is 12.1 Å². The molecule has 146 valence electrons. The number of nitriles is 1. The second-order valence-corrected chi connectivity index (χ2v) is 6.04. The van der Waals surface area contributed by atoms with E-state index in [1.165, 1.54) is 18.2 Å². The molecule has 3 rings (SSSR count). The maximum absolute atomic E-state index is 12.8. The Morgan fingerprint density at radius 3 is 2.48 bits per heavy atom. The average Bonchev–Trinajstić information content (AvgIpc) is 2.67. The summed E-state index contributed by atoms with van der Waals surface area (Å²) < 4.78 is 38.5. The molecule has 2 N–H and O–H groups in total. The third-order valence-corrected chi connectivity index (χ3v) is 3.78. The first kappa shape index (κ1) is 19.8. The molecule has 3 aromatic rings.